The first-order valence-corrected chi connectivity index (χ1v) is 6.35. The molecule has 98 valence electrons. The molecule has 2 rings (SSSR count). The van der Waals surface area contributed by atoms with Crippen LogP contribution in [0, 0.1) is 0 Å². The molecule has 0 fully saturated rings. The lowest BCUT2D eigenvalue weighted by molar-refractivity contribution is 0.0527. The van der Waals surface area contributed by atoms with Crippen molar-refractivity contribution in [2.24, 2.45) is 0 Å². The van der Waals surface area contributed by atoms with Gasteiger partial charge in [0.1, 0.15) is 0 Å². The second kappa shape index (κ2) is 6.59. The largest absolute Gasteiger partial charge is 0.462 e. The Kier molecular flexibility index (Phi) is 4.56. The summed E-state index contributed by atoms with van der Waals surface area (Å²) in [6.07, 6.45) is 0. The Morgan fingerprint density at radius 1 is 1.05 bits per heavy atom. The summed E-state index contributed by atoms with van der Waals surface area (Å²) in [5.74, 6) is -0.293. The van der Waals surface area contributed by atoms with E-state index in [1.165, 1.54) is 5.56 Å². The second-order valence-electron chi connectivity index (χ2n) is 4.11. The van der Waals surface area contributed by atoms with Crippen molar-refractivity contribution in [3.8, 4) is 0 Å². The zero-order chi connectivity index (χ0) is 13.5. The molecule has 0 unspecified atom stereocenters. The molecule has 0 amide bonds. The van der Waals surface area contributed by atoms with Crippen molar-refractivity contribution >= 4 is 11.7 Å². The van der Waals surface area contributed by atoms with Crippen LogP contribution in [0.5, 0.6) is 0 Å². The van der Waals surface area contributed by atoms with Crippen molar-refractivity contribution in [3.05, 3.63) is 65.7 Å². The number of nitrogens with one attached hydrogen (secondary N) is 1. The highest BCUT2D eigenvalue weighted by molar-refractivity contribution is 5.95. The molecule has 0 aliphatic carbocycles. The van der Waals surface area contributed by atoms with Crippen LogP contribution < -0.4 is 5.32 Å². The first kappa shape index (κ1) is 13.1. The van der Waals surface area contributed by atoms with Gasteiger partial charge in [-0.15, -0.1) is 0 Å². The number of rotatable bonds is 5. The molecule has 0 bridgehead atoms. The summed E-state index contributed by atoms with van der Waals surface area (Å²) >= 11 is 0. The van der Waals surface area contributed by atoms with Gasteiger partial charge in [0.25, 0.3) is 0 Å². The summed E-state index contributed by atoms with van der Waals surface area (Å²) in [5, 5.41) is 3.27. The Hall–Kier alpha value is -2.29. The molecular formula is C16H17NO2. The molecule has 1 N–H and O–H groups in total. The van der Waals surface area contributed by atoms with Gasteiger partial charge in [0, 0.05) is 12.2 Å². The van der Waals surface area contributed by atoms with Crippen LogP contribution in [0.1, 0.15) is 22.8 Å². The van der Waals surface area contributed by atoms with E-state index in [1.54, 1.807) is 13.0 Å². The summed E-state index contributed by atoms with van der Waals surface area (Å²) in [6.45, 7) is 2.86. The molecule has 0 heterocycles. The van der Waals surface area contributed by atoms with E-state index in [4.69, 9.17) is 4.74 Å². The molecule has 0 radical (unpaired) electrons. The van der Waals surface area contributed by atoms with Crippen LogP contribution in [0.2, 0.25) is 0 Å². The molecule has 3 nitrogen and oxygen atoms in total. The normalized spacial score (nSPS) is 9.95. The molecule has 0 aliphatic heterocycles. The number of carbonyl (C=O) groups excluding carboxylic acids is 1. The fourth-order valence-electron chi connectivity index (χ4n) is 1.82. The monoisotopic (exact) mass is 255 g/mol. The highest BCUT2D eigenvalue weighted by Crippen LogP contribution is 2.17. The van der Waals surface area contributed by atoms with Crippen LogP contribution in [-0.2, 0) is 11.3 Å². The Morgan fingerprint density at radius 3 is 2.47 bits per heavy atom. The maximum absolute atomic E-state index is 11.8. The molecular weight excluding hydrogens is 238 g/mol. The van der Waals surface area contributed by atoms with Crippen molar-refractivity contribution < 1.29 is 9.53 Å². The average Bonchev–Trinajstić information content (AvgIpc) is 2.47. The van der Waals surface area contributed by atoms with E-state index in [0.717, 1.165) is 5.69 Å². The molecule has 0 aliphatic rings. The summed E-state index contributed by atoms with van der Waals surface area (Å²) in [5.41, 5.74) is 2.53. The SMILES string of the molecule is CCOC(=O)c1ccccc1NCc1ccccc1. The lowest BCUT2D eigenvalue weighted by atomic mass is 10.1. The zero-order valence-corrected chi connectivity index (χ0v) is 10.9. The molecule has 19 heavy (non-hydrogen) atoms. The number of para-hydroxylation sites is 1. The minimum Gasteiger partial charge on any atom is -0.462 e. The van der Waals surface area contributed by atoms with Gasteiger partial charge < -0.3 is 10.1 Å². The van der Waals surface area contributed by atoms with Crippen molar-refractivity contribution in [1.82, 2.24) is 0 Å². The van der Waals surface area contributed by atoms with Crippen LogP contribution in [0.3, 0.4) is 0 Å². The predicted octanol–water partition coefficient (Wildman–Crippen LogP) is 3.48. The molecule has 2 aromatic carbocycles. The lowest BCUT2D eigenvalue weighted by Crippen LogP contribution is -2.09. The van der Waals surface area contributed by atoms with Crippen LogP contribution >= 0.6 is 0 Å². The number of esters is 1. The van der Waals surface area contributed by atoms with Crippen molar-refractivity contribution in [1.29, 1.82) is 0 Å². The van der Waals surface area contributed by atoms with Crippen molar-refractivity contribution in [3.63, 3.8) is 0 Å². The Labute approximate surface area is 113 Å². The highest BCUT2D eigenvalue weighted by atomic mass is 16.5. The summed E-state index contributed by atoms with van der Waals surface area (Å²) in [7, 11) is 0. The summed E-state index contributed by atoms with van der Waals surface area (Å²) < 4.78 is 5.04. The second-order valence-corrected chi connectivity index (χ2v) is 4.11. The van der Waals surface area contributed by atoms with E-state index >= 15 is 0 Å². The first-order chi connectivity index (χ1) is 9.31. The number of carbonyl (C=O) groups is 1. The minimum atomic E-state index is -0.293. The summed E-state index contributed by atoms with van der Waals surface area (Å²) in [4.78, 5) is 11.8. The fraction of sp³-hybridized carbons (Fsp3) is 0.188. The smallest absolute Gasteiger partial charge is 0.340 e. The van der Waals surface area contributed by atoms with Crippen molar-refractivity contribution in [2.75, 3.05) is 11.9 Å². The number of ether oxygens (including phenoxy) is 1. The van der Waals surface area contributed by atoms with Gasteiger partial charge in [0.2, 0.25) is 0 Å². The Morgan fingerprint density at radius 2 is 1.74 bits per heavy atom. The number of benzene rings is 2. The topological polar surface area (TPSA) is 38.3 Å². The maximum atomic E-state index is 11.8. The standard InChI is InChI=1S/C16H17NO2/c1-2-19-16(18)14-10-6-7-11-15(14)17-12-13-8-4-3-5-9-13/h3-11,17H,2,12H2,1H3. The van der Waals surface area contributed by atoms with Gasteiger partial charge in [0.15, 0.2) is 0 Å². The van der Waals surface area contributed by atoms with Crippen LogP contribution in [0.25, 0.3) is 0 Å². The molecule has 3 heteroatoms. The molecule has 0 atom stereocenters. The van der Waals surface area contributed by atoms with Crippen molar-refractivity contribution in [2.45, 2.75) is 13.5 Å². The maximum Gasteiger partial charge on any atom is 0.340 e. The van der Waals surface area contributed by atoms with E-state index in [0.29, 0.717) is 18.7 Å². The van der Waals surface area contributed by atoms with E-state index < -0.39 is 0 Å². The lowest BCUT2D eigenvalue weighted by Gasteiger charge is -2.11. The van der Waals surface area contributed by atoms with Gasteiger partial charge in [-0.3, -0.25) is 0 Å². The van der Waals surface area contributed by atoms with E-state index in [1.807, 2.05) is 48.5 Å². The molecule has 0 saturated heterocycles. The summed E-state index contributed by atoms with van der Waals surface area (Å²) in [6, 6.07) is 17.4. The van der Waals surface area contributed by atoms with Crippen LogP contribution in [-0.4, -0.2) is 12.6 Å². The van der Waals surface area contributed by atoms with Gasteiger partial charge in [0.05, 0.1) is 12.2 Å². The van der Waals surface area contributed by atoms with E-state index in [2.05, 4.69) is 5.32 Å². The predicted molar refractivity (Wildman–Crippen MR) is 76.2 cm³/mol. The van der Waals surface area contributed by atoms with Gasteiger partial charge in [-0.1, -0.05) is 42.5 Å². The van der Waals surface area contributed by atoms with E-state index in [-0.39, 0.29) is 5.97 Å². The third kappa shape index (κ3) is 3.58. The molecule has 0 aromatic heterocycles. The number of hydrogen-bond donors (Lipinski definition) is 1. The molecule has 0 spiro atoms. The average molecular weight is 255 g/mol. The highest BCUT2D eigenvalue weighted by Gasteiger charge is 2.11. The number of anilines is 1. The van der Waals surface area contributed by atoms with Crippen LogP contribution in [0.15, 0.2) is 54.6 Å². The van der Waals surface area contributed by atoms with E-state index in [9.17, 15) is 4.79 Å². The third-order valence-electron chi connectivity index (χ3n) is 2.75. The van der Waals surface area contributed by atoms with Gasteiger partial charge in [-0.2, -0.15) is 0 Å². The quantitative estimate of drug-likeness (QED) is 0.831. The van der Waals surface area contributed by atoms with Crippen LogP contribution in [0.4, 0.5) is 5.69 Å². The molecule has 2 aromatic rings. The fourth-order valence-corrected chi connectivity index (χ4v) is 1.82. The van der Waals surface area contributed by atoms with Gasteiger partial charge >= 0.3 is 5.97 Å². The zero-order valence-electron chi connectivity index (χ0n) is 10.9. The van der Waals surface area contributed by atoms with Gasteiger partial charge in [-0.05, 0) is 24.6 Å². The number of hydrogen-bond acceptors (Lipinski definition) is 3. The van der Waals surface area contributed by atoms with Gasteiger partial charge in [-0.25, -0.2) is 4.79 Å². The Balaban J connectivity index is 2.10. The third-order valence-corrected chi connectivity index (χ3v) is 2.75. The molecule has 0 saturated carbocycles. The first-order valence-electron chi connectivity index (χ1n) is 6.35. The Bertz CT molecular complexity index is 537. The minimum absolute atomic E-state index is 0.293.